The molecule has 0 unspecified atom stereocenters. The van der Waals surface area contributed by atoms with Gasteiger partial charge in [-0.25, -0.2) is 4.98 Å². The number of benzene rings is 1. The molecule has 4 heteroatoms. The van der Waals surface area contributed by atoms with Crippen molar-refractivity contribution in [3.05, 3.63) is 24.3 Å². The molecule has 0 amide bonds. The van der Waals surface area contributed by atoms with Crippen LogP contribution in [0.15, 0.2) is 24.3 Å². The van der Waals surface area contributed by atoms with Gasteiger partial charge in [-0.1, -0.05) is 26.0 Å². The predicted molar refractivity (Wildman–Crippen MR) is 71.9 cm³/mol. The zero-order chi connectivity index (χ0) is 12.3. The summed E-state index contributed by atoms with van der Waals surface area (Å²) < 4.78 is 0. The molecule has 0 saturated heterocycles. The van der Waals surface area contributed by atoms with E-state index in [2.05, 4.69) is 29.1 Å². The van der Waals surface area contributed by atoms with Gasteiger partial charge in [-0.15, -0.1) is 0 Å². The van der Waals surface area contributed by atoms with E-state index in [4.69, 9.17) is 5.73 Å². The lowest BCUT2D eigenvalue weighted by atomic mass is 10.1. The summed E-state index contributed by atoms with van der Waals surface area (Å²) in [5.74, 6) is 1.81. The molecule has 0 bridgehead atoms. The van der Waals surface area contributed by atoms with Crippen LogP contribution in [-0.2, 0) is 0 Å². The molecule has 90 valence electrons. The minimum atomic E-state index is 0.530. The minimum Gasteiger partial charge on any atom is -0.383 e. The Morgan fingerprint density at radius 2 is 2.00 bits per heavy atom. The van der Waals surface area contributed by atoms with Gasteiger partial charge in [0.25, 0.3) is 0 Å². The Hall–Kier alpha value is -1.84. The summed E-state index contributed by atoms with van der Waals surface area (Å²) in [6.45, 7) is 5.25. The topological polar surface area (TPSA) is 63.8 Å². The second kappa shape index (κ2) is 4.99. The molecule has 0 fully saturated rings. The molecular weight excluding hydrogens is 212 g/mol. The molecule has 1 aromatic carbocycles. The molecule has 1 aromatic heterocycles. The molecule has 0 spiro atoms. The maximum Gasteiger partial charge on any atom is 0.225 e. The lowest BCUT2D eigenvalue weighted by Gasteiger charge is -2.08. The monoisotopic (exact) mass is 230 g/mol. The van der Waals surface area contributed by atoms with E-state index in [1.165, 1.54) is 0 Å². The third kappa shape index (κ3) is 2.84. The van der Waals surface area contributed by atoms with Crippen LogP contribution in [0.3, 0.4) is 0 Å². The van der Waals surface area contributed by atoms with Gasteiger partial charge in [0.2, 0.25) is 5.95 Å². The van der Waals surface area contributed by atoms with E-state index in [0.717, 1.165) is 23.9 Å². The van der Waals surface area contributed by atoms with Crippen LogP contribution in [-0.4, -0.2) is 16.5 Å². The molecular formula is C13H18N4. The van der Waals surface area contributed by atoms with Gasteiger partial charge >= 0.3 is 0 Å². The number of hydrogen-bond donors (Lipinski definition) is 2. The highest BCUT2D eigenvalue weighted by atomic mass is 15.1. The Labute approximate surface area is 101 Å². The Bertz CT molecular complexity index is 508. The summed E-state index contributed by atoms with van der Waals surface area (Å²) in [6.07, 6.45) is 1.09. The largest absolute Gasteiger partial charge is 0.383 e. The molecule has 3 N–H and O–H groups in total. The number of nitrogens with two attached hydrogens (primary N) is 1. The van der Waals surface area contributed by atoms with Gasteiger partial charge in [0.1, 0.15) is 5.82 Å². The van der Waals surface area contributed by atoms with Crippen LogP contribution in [0.5, 0.6) is 0 Å². The fraction of sp³-hybridized carbons (Fsp3) is 0.385. The van der Waals surface area contributed by atoms with E-state index in [-0.39, 0.29) is 0 Å². The average Bonchev–Trinajstić information content (AvgIpc) is 2.28. The van der Waals surface area contributed by atoms with E-state index in [1.54, 1.807) is 0 Å². The van der Waals surface area contributed by atoms with E-state index < -0.39 is 0 Å². The number of aromatic nitrogens is 2. The lowest BCUT2D eigenvalue weighted by molar-refractivity contribution is 0.606. The number of nitrogens with zero attached hydrogens (tertiary/aromatic N) is 2. The second-order valence-electron chi connectivity index (χ2n) is 4.56. The first-order chi connectivity index (χ1) is 8.16. The predicted octanol–water partition coefficient (Wildman–Crippen LogP) is 2.67. The lowest BCUT2D eigenvalue weighted by Crippen LogP contribution is -2.09. The van der Waals surface area contributed by atoms with Gasteiger partial charge in [-0.3, -0.25) is 0 Å². The number of nitrogen functional groups attached to an aromatic ring is 1. The molecule has 0 atom stereocenters. The fourth-order valence-corrected chi connectivity index (χ4v) is 1.65. The van der Waals surface area contributed by atoms with E-state index >= 15 is 0 Å². The smallest absolute Gasteiger partial charge is 0.225 e. The number of nitrogens with one attached hydrogen (secondary N) is 1. The van der Waals surface area contributed by atoms with Crippen molar-refractivity contribution in [2.75, 3.05) is 17.6 Å². The molecule has 4 nitrogen and oxygen atoms in total. The maximum atomic E-state index is 5.90. The van der Waals surface area contributed by atoms with E-state index in [9.17, 15) is 0 Å². The van der Waals surface area contributed by atoms with Crippen LogP contribution in [0.4, 0.5) is 11.8 Å². The molecule has 0 aliphatic carbocycles. The van der Waals surface area contributed by atoms with Crippen molar-refractivity contribution in [1.82, 2.24) is 9.97 Å². The molecule has 17 heavy (non-hydrogen) atoms. The SMILES string of the molecule is CC(C)CCNc1nc(N)c2ccccc2n1. The zero-order valence-electron chi connectivity index (χ0n) is 10.3. The van der Waals surface area contributed by atoms with Gasteiger partial charge in [0.05, 0.1) is 5.52 Å². The first kappa shape index (κ1) is 11.6. The molecule has 0 aliphatic rings. The number of anilines is 2. The van der Waals surface area contributed by atoms with Crippen molar-refractivity contribution in [2.45, 2.75) is 20.3 Å². The average molecular weight is 230 g/mol. The van der Waals surface area contributed by atoms with Gasteiger partial charge in [-0.2, -0.15) is 4.98 Å². The summed E-state index contributed by atoms with van der Waals surface area (Å²) in [6, 6.07) is 7.77. The van der Waals surface area contributed by atoms with Gasteiger partial charge < -0.3 is 11.1 Å². The number of fused-ring (bicyclic) bond motifs is 1. The summed E-state index contributed by atoms with van der Waals surface area (Å²) in [5.41, 5.74) is 6.78. The Balaban J connectivity index is 2.19. The number of hydrogen-bond acceptors (Lipinski definition) is 4. The van der Waals surface area contributed by atoms with Crippen LogP contribution in [0.2, 0.25) is 0 Å². The molecule has 1 heterocycles. The first-order valence-electron chi connectivity index (χ1n) is 5.93. The molecule has 0 aliphatic heterocycles. The maximum absolute atomic E-state index is 5.90. The van der Waals surface area contributed by atoms with E-state index in [0.29, 0.717) is 17.7 Å². The van der Waals surface area contributed by atoms with Crippen molar-refractivity contribution in [2.24, 2.45) is 5.92 Å². The van der Waals surface area contributed by atoms with Crippen LogP contribution in [0, 0.1) is 5.92 Å². The summed E-state index contributed by atoms with van der Waals surface area (Å²) in [7, 11) is 0. The number of rotatable bonds is 4. The Morgan fingerprint density at radius 1 is 1.24 bits per heavy atom. The summed E-state index contributed by atoms with van der Waals surface area (Å²) in [5, 5.41) is 4.11. The standard InChI is InChI=1S/C13H18N4/c1-9(2)7-8-15-13-16-11-6-4-3-5-10(11)12(14)17-13/h3-6,9H,7-8H2,1-2H3,(H3,14,15,16,17). The minimum absolute atomic E-state index is 0.530. The zero-order valence-corrected chi connectivity index (χ0v) is 10.3. The molecule has 2 aromatic rings. The second-order valence-corrected chi connectivity index (χ2v) is 4.56. The van der Waals surface area contributed by atoms with Crippen molar-refractivity contribution in [3.8, 4) is 0 Å². The third-order valence-corrected chi connectivity index (χ3v) is 2.64. The molecule has 0 radical (unpaired) electrons. The fourth-order valence-electron chi connectivity index (χ4n) is 1.65. The van der Waals surface area contributed by atoms with Crippen molar-refractivity contribution in [3.63, 3.8) is 0 Å². The first-order valence-corrected chi connectivity index (χ1v) is 5.93. The normalized spacial score (nSPS) is 11.0. The Kier molecular flexibility index (Phi) is 3.42. The van der Waals surface area contributed by atoms with Crippen molar-refractivity contribution >= 4 is 22.7 Å². The quantitative estimate of drug-likeness (QED) is 0.847. The van der Waals surface area contributed by atoms with Crippen LogP contribution < -0.4 is 11.1 Å². The van der Waals surface area contributed by atoms with Crippen LogP contribution in [0.25, 0.3) is 10.9 Å². The van der Waals surface area contributed by atoms with Gasteiger partial charge in [0.15, 0.2) is 0 Å². The van der Waals surface area contributed by atoms with Crippen molar-refractivity contribution in [1.29, 1.82) is 0 Å². The molecule has 2 rings (SSSR count). The molecule has 0 saturated carbocycles. The van der Waals surface area contributed by atoms with Gasteiger partial charge in [-0.05, 0) is 24.5 Å². The highest BCUT2D eigenvalue weighted by molar-refractivity contribution is 5.88. The van der Waals surface area contributed by atoms with Gasteiger partial charge in [0, 0.05) is 11.9 Å². The highest BCUT2D eigenvalue weighted by Gasteiger charge is 2.04. The Morgan fingerprint density at radius 3 is 2.76 bits per heavy atom. The summed E-state index contributed by atoms with van der Waals surface area (Å²) in [4.78, 5) is 8.68. The van der Waals surface area contributed by atoms with Crippen LogP contribution in [0.1, 0.15) is 20.3 Å². The van der Waals surface area contributed by atoms with Crippen LogP contribution >= 0.6 is 0 Å². The number of para-hydroxylation sites is 1. The van der Waals surface area contributed by atoms with E-state index in [1.807, 2.05) is 24.3 Å². The van der Waals surface area contributed by atoms with Crippen molar-refractivity contribution < 1.29 is 0 Å². The highest BCUT2D eigenvalue weighted by Crippen LogP contribution is 2.18. The third-order valence-electron chi connectivity index (χ3n) is 2.64. The summed E-state index contributed by atoms with van der Waals surface area (Å²) >= 11 is 0.